The van der Waals surface area contributed by atoms with E-state index in [0.29, 0.717) is 39.4 Å². The van der Waals surface area contributed by atoms with Crippen molar-refractivity contribution in [2.24, 2.45) is 17.8 Å². The molecule has 0 radical (unpaired) electrons. The summed E-state index contributed by atoms with van der Waals surface area (Å²) >= 11 is 24.2. The van der Waals surface area contributed by atoms with E-state index in [1.165, 1.54) is 24.1 Å². The highest BCUT2D eigenvalue weighted by Gasteiger charge is 2.76. The van der Waals surface area contributed by atoms with Crippen molar-refractivity contribution < 1.29 is 33.4 Å². The Kier molecular flexibility index (Phi) is 7.46. The number of para-hydroxylation sites is 2. The van der Waals surface area contributed by atoms with Crippen molar-refractivity contribution in [3.63, 3.8) is 0 Å². The lowest BCUT2D eigenvalue weighted by Crippen LogP contribution is -2.60. The molecule has 4 amide bonds. The minimum atomic E-state index is -2.02. The number of phenols is 1. The van der Waals surface area contributed by atoms with Crippen molar-refractivity contribution >= 4 is 91.1 Å². The fourth-order valence-electron chi connectivity index (χ4n) is 8.05. The molecule has 49 heavy (non-hydrogen) atoms. The number of anilines is 1. The molecule has 0 bridgehead atoms. The average Bonchev–Trinajstić information content (AvgIpc) is 3.69. The summed E-state index contributed by atoms with van der Waals surface area (Å²) in [5.41, 5.74) is 3.17. The van der Waals surface area contributed by atoms with E-state index in [9.17, 15) is 24.3 Å². The molecular formula is C35H25BrCl3N3O7. The Labute approximate surface area is 302 Å². The number of alkyl halides is 3. The Morgan fingerprint density at radius 3 is 2.45 bits per heavy atom. The minimum Gasteiger partial charge on any atom is -0.503 e. The normalized spacial score (nSPS) is 29.3. The number of fused-ring (bicyclic) bond motifs is 5. The second kappa shape index (κ2) is 11.3. The fourth-order valence-corrected chi connectivity index (χ4v) is 9.69. The Morgan fingerprint density at radius 2 is 1.76 bits per heavy atom. The van der Waals surface area contributed by atoms with Gasteiger partial charge in [-0.1, -0.05) is 51.3 Å². The van der Waals surface area contributed by atoms with E-state index < -0.39 is 51.1 Å². The summed E-state index contributed by atoms with van der Waals surface area (Å²) in [6, 6.07) is 17.1. The Balaban J connectivity index is 1.20. The van der Waals surface area contributed by atoms with Gasteiger partial charge in [0.15, 0.2) is 26.8 Å². The summed E-state index contributed by atoms with van der Waals surface area (Å²) in [7, 11) is 1.35. The van der Waals surface area contributed by atoms with E-state index in [-0.39, 0.29) is 40.7 Å². The van der Waals surface area contributed by atoms with Crippen molar-refractivity contribution in [1.82, 2.24) is 9.88 Å². The fraction of sp³-hybridized carbons (Fsp3) is 0.286. The highest BCUT2D eigenvalue weighted by atomic mass is 79.9. The molecule has 4 aliphatic rings. The summed E-state index contributed by atoms with van der Waals surface area (Å²) in [5.74, 6) is -5.57. The van der Waals surface area contributed by atoms with Crippen LogP contribution in [-0.2, 0) is 19.2 Å². The maximum atomic E-state index is 14.4. The number of halogens is 4. The molecule has 2 aliphatic carbocycles. The van der Waals surface area contributed by atoms with Crippen molar-refractivity contribution in [3.8, 4) is 23.0 Å². The topological polar surface area (TPSA) is 130 Å². The minimum absolute atomic E-state index is 0.0214. The molecule has 8 rings (SSSR count). The SMILES string of the molecule is COc1cc([C@H]2C3=CC[C@@H]4C(=O)N(c5ccc(-c6nc7ccccc7o6)cc5)C(=O)[C@@H]4[C@@H]3C[C@@]3(Cl)C(=O)N(CBr)C(=O)[C@@]23Cl)cc(Cl)c1O. The number of allylic oxidation sites excluding steroid dienone is 2. The number of carbonyl (C=O) groups is 4. The second-order valence-corrected chi connectivity index (χ2v) is 14.7. The zero-order valence-corrected chi connectivity index (χ0v) is 29.4. The summed E-state index contributed by atoms with van der Waals surface area (Å²) in [6.07, 6.45) is 1.84. The van der Waals surface area contributed by atoms with Gasteiger partial charge in [0.05, 0.1) is 35.1 Å². The average molecular weight is 786 g/mol. The number of aromatic nitrogens is 1. The lowest BCUT2D eigenvalue weighted by Gasteiger charge is -2.50. The van der Waals surface area contributed by atoms with Crippen LogP contribution >= 0.6 is 50.7 Å². The lowest BCUT2D eigenvalue weighted by atomic mass is 9.56. The summed E-state index contributed by atoms with van der Waals surface area (Å²) in [6.45, 7) is 0. The number of nitrogens with zero attached hydrogens (tertiary/aromatic N) is 3. The molecule has 0 spiro atoms. The van der Waals surface area contributed by atoms with Crippen molar-refractivity contribution in [2.45, 2.75) is 28.5 Å². The van der Waals surface area contributed by atoms with Crippen LogP contribution in [0.25, 0.3) is 22.6 Å². The largest absolute Gasteiger partial charge is 0.503 e. The molecule has 1 N–H and O–H groups in total. The molecule has 14 heteroatoms. The van der Waals surface area contributed by atoms with Crippen LogP contribution in [0.1, 0.15) is 24.3 Å². The number of benzene rings is 3. The van der Waals surface area contributed by atoms with E-state index >= 15 is 0 Å². The van der Waals surface area contributed by atoms with Gasteiger partial charge in [-0.15, -0.1) is 23.2 Å². The number of likely N-dealkylation sites (tertiary alicyclic amines) is 1. The molecule has 2 aliphatic heterocycles. The molecule has 10 nitrogen and oxygen atoms in total. The molecule has 1 aromatic heterocycles. The van der Waals surface area contributed by atoms with Crippen LogP contribution in [0.15, 0.2) is 76.7 Å². The Bertz CT molecular complexity index is 2120. The molecule has 3 fully saturated rings. The maximum Gasteiger partial charge on any atom is 0.254 e. The third-order valence-electron chi connectivity index (χ3n) is 10.3. The lowest BCUT2D eigenvalue weighted by molar-refractivity contribution is -0.138. The molecule has 0 unspecified atom stereocenters. The van der Waals surface area contributed by atoms with Crippen molar-refractivity contribution in [2.75, 3.05) is 17.5 Å². The Morgan fingerprint density at radius 1 is 1.02 bits per heavy atom. The van der Waals surface area contributed by atoms with Gasteiger partial charge in [-0.05, 0) is 72.9 Å². The number of methoxy groups -OCH3 is 1. The third kappa shape index (κ3) is 4.35. The molecular weight excluding hydrogens is 761 g/mol. The Hall–Kier alpha value is -3.90. The first kappa shape index (κ1) is 32.3. The summed E-state index contributed by atoms with van der Waals surface area (Å²) in [4.78, 5) is 58.9. The summed E-state index contributed by atoms with van der Waals surface area (Å²) in [5, 5.41) is 10.4. The standard InChI is InChI=1S/C35H25BrCl3N3O7/c1-48-25-13-17(12-22(37)28(25)43)27-19-10-11-20-26(21(19)14-34(38)32(46)41(15-36)33(47)35(27,34)39)31(45)42(30(20)44)18-8-6-16(7-9-18)29-40-23-4-2-3-5-24(23)49-29/h2-10,12-13,20-21,26-27,43H,11,14-15H2,1H3/t20-,21+,26-,27-,34+,35-/m0/s1. The van der Waals surface area contributed by atoms with Crippen LogP contribution in [0.3, 0.4) is 0 Å². The molecule has 2 saturated heterocycles. The van der Waals surface area contributed by atoms with Crippen molar-refractivity contribution in [1.29, 1.82) is 0 Å². The van der Waals surface area contributed by atoms with Crippen molar-refractivity contribution in [3.05, 3.63) is 82.9 Å². The molecule has 4 aromatic rings. The predicted molar refractivity (Wildman–Crippen MR) is 185 cm³/mol. The van der Waals surface area contributed by atoms with E-state index in [1.807, 2.05) is 30.3 Å². The third-order valence-corrected chi connectivity index (χ3v) is 12.5. The van der Waals surface area contributed by atoms with E-state index in [2.05, 4.69) is 20.9 Å². The molecule has 3 aromatic carbocycles. The van der Waals surface area contributed by atoms with Gasteiger partial charge in [0.2, 0.25) is 17.7 Å². The van der Waals surface area contributed by atoms with Gasteiger partial charge in [0, 0.05) is 11.5 Å². The van der Waals surface area contributed by atoms with Gasteiger partial charge in [-0.3, -0.25) is 29.0 Å². The summed E-state index contributed by atoms with van der Waals surface area (Å²) < 4.78 is 11.2. The molecule has 1 saturated carbocycles. The first-order valence-electron chi connectivity index (χ1n) is 15.3. The van der Waals surface area contributed by atoms with Crippen LogP contribution in [0.4, 0.5) is 5.69 Å². The van der Waals surface area contributed by atoms with E-state index in [1.54, 1.807) is 24.3 Å². The van der Waals surface area contributed by atoms with Gasteiger partial charge >= 0.3 is 0 Å². The number of carbonyl (C=O) groups excluding carboxylic acids is 4. The van der Waals surface area contributed by atoms with E-state index in [0.717, 1.165) is 4.90 Å². The van der Waals surface area contributed by atoms with Crippen LogP contribution in [0, 0.1) is 17.8 Å². The second-order valence-electron chi connectivity index (χ2n) is 12.6. The van der Waals surface area contributed by atoms with Crippen LogP contribution < -0.4 is 9.64 Å². The maximum absolute atomic E-state index is 14.4. The number of hydrogen-bond donors (Lipinski definition) is 1. The van der Waals surface area contributed by atoms with Gasteiger partial charge in [0.25, 0.3) is 11.8 Å². The van der Waals surface area contributed by atoms with E-state index in [4.69, 9.17) is 44.0 Å². The van der Waals surface area contributed by atoms with Crippen LogP contribution in [0.5, 0.6) is 11.5 Å². The van der Waals surface area contributed by atoms with Gasteiger partial charge in [-0.2, -0.15) is 0 Å². The first-order valence-corrected chi connectivity index (χ1v) is 17.6. The number of oxazole rings is 1. The number of aromatic hydroxyl groups is 1. The number of phenolic OH excluding ortho intramolecular Hbond substituents is 1. The van der Waals surface area contributed by atoms with Gasteiger partial charge < -0.3 is 14.3 Å². The number of amides is 4. The number of ether oxygens (including phenoxy) is 1. The number of imide groups is 2. The quantitative estimate of drug-likeness (QED) is 0.102. The molecule has 3 heterocycles. The van der Waals surface area contributed by atoms with Crippen LogP contribution in [-0.4, -0.2) is 60.9 Å². The number of rotatable bonds is 5. The zero-order chi connectivity index (χ0) is 34.6. The molecule has 6 atom stereocenters. The monoisotopic (exact) mass is 783 g/mol. The zero-order valence-electron chi connectivity index (χ0n) is 25.5. The number of hydrogen-bond acceptors (Lipinski definition) is 8. The molecule has 250 valence electrons. The highest BCUT2D eigenvalue weighted by Crippen LogP contribution is 2.66. The highest BCUT2D eigenvalue weighted by molar-refractivity contribution is 9.09. The predicted octanol–water partition coefficient (Wildman–Crippen LogP) is 6.78. The first-order chi connectivity index (χ1) is 23.4. The van der Waals surface area contributed by atoms with Crippen LogP contribution in [0.2, 0.25) is 5.02 Å². The van der Waals surface area contributed by atoms with Gasteiger partial charge in [0.1, 0.15) is 5.52 Å². The van der Waals surface area contributed by atoms with Gasteiger partial charge in [-0.25, -0.2) is 4.98 Å². The smallest absolute Gasteiger partial charge is 0.254 e.